The highest BCUT2D eigenvalue weighted by molar-refractivity contribution is 5.76. The van der Waals surface area contributed by atoms with Crippen molar-refractivity contribution < 1.29 is 43.4 Å². The topological polar surface area (TPSA) is 113 Å². The molecule has 9 nitrogen and oxygen atoms in total. The van der Waals surface area contributed by atoms with Crippen LogP contribution in [0.4, 0.5) is 0 Å². The number of aliphatic hydroxyl groups excluding tert-OH is 2. The van der Waals surface area contributed by atoms with Gasteiger partial charge in [-0.05, 0) is 30.5 Å². The molecule has 41 heavy (non-hydrogen) atoms. The zero-order valence-corrected chi connectivity index (χ0v) is 23.5. The Hall–Kier alpha value is -3.15. The molecule has 0 aliphatic heterocycles. The van der Waals surface area contributed by atoms with Crippen LogP contribution in [0.1, 0.15) is 48.8 Å². The third-order valence-corrected chi connectivity index (χ3v) is 6.06. The summed E-state index contributed by atoms with van der Waals surface area (Å²) in [6, 6.07) is 27.5. The second kappa shape index (κ2) is 18.3. The van der Waals surface area contributed by atoms with Gasteiger partial charge >= 0.3 is 5.97 Å². The van der Waals surface area contributed by atoms with Crippen molar-refractivity contribution in [1.29, 1.82) is 0 Å². The predicted molar refractivity (Wildman–Crippen MR) is 152 cm³/mol. The number of carbonyl (C=O) groups is 1. The molecule has 0 aliphatic rings. The normalized spacial score (nSPS) is 15.0. The van der Waals surface area contributed by atoms with Crippen LogP contribution in [-0.2, 0) is 33.2 Å². The summed E-state index contributed by atoms with van der Waals surface area (Å²) >= 11 is 0. The molecule has 0 heterocycles. The lowest BCUT2D eigenvalue weighted by atomic mass is 10.1. The fraction of sp³-hybridized carbons (Fsp3) is 0.406. The van der Waals surface area contributed by atoms with Gasteiger partial charge in [-0.1, -0.05) is 91.0 Å². The number of esters is 1. The van der Waals surface area contributed by atoms with Gasteiger partial charge in [0.25, 0.3) is 0 Å². The van der Waals surface area contributed by atoms with Gasteiger partial charge in [-0.25, -0.2) is 4.79 Å². The summed E-state index contributed by atoms with van der Waals surface area (Å²) in [5.74, 6) is -0.553. The molecule has 0 saturated carbocycles. The first-order valence-corrected chi connectivity index (χ1v) is 13.7. The first kappa shape index (κ1) is 32.4. The van der Waals surface area contributed by atoms with Crippen molar-refractivity contribution in [1.82, 2.24) is 0 Å². The predicted octanol–water partition coefficient (Wildman–Crippen LogP) is 4.51. The van der Waals surface area contributed by atoms with Gasteiger partial charge in [-0.2, -0.15) is 0 Å². The van der Waals surface area contributed by atoms with Crippen LogP contribution in [0, 0.1) is 0 Å². The van der Waals surface area contributed by atoms with Crippen LogP contribution in [0.2, 0.25) is 0 Å². The number of hydrogen-bond donors (Lipinski definition) is 2. The van der Waals surface area contributed by atoms with Crippen LogP contribution in [0.15, 0.2) is 91.0 Å². The Bertz CT molecular complexity index is 1100. The zero-order valence-electron chi connectivity index (χ0n) is 23.5. The van der Waals surface area contributed by atoms with Gasteiger partial charge in [-0.15, -0.1) is 0 Å². The Labute approximate surface area is 241 Å². The minimum atomic E-state index is -0.939. The van der Waals surface area contributed by atoms with Crippen LogP contribution in [0.5, 0.6) is 0 Å². The van der Waals surface area contributed by atoms with Crippen LogP contribution >= 0.6 is 0 Å². The summed E-state index contributed by atoms with van der Waals surface area (Å²) in [5, 5.41) is 20.4. The van der Waals surface area contributed by atoms with Crippen molar-refractivity contribution in [3.8, 4) is 0 Å². The van der Waals surface area contributed by atoms with Crippen molar-refractivity contribution in [3.05, 3.63) is 108 Å². The number of benzene rings is 3. The summed E-state index contributed by atoms with van der Waals surface area (Å²) in [6.45, 7) is 4.02. The van der Waals surface area contributed by atoms with Crippen molar-refractivity contribution in [3.63, 3.8) is 0 Å². The molecule has 0 saturated heterocycles. The summed E-state index contributed by atoms with van der Waals surface area (Å²) in [7, 11) is 0. The fourth-order valence-corrected chi connectivity index (χ4v) is 3.83. The van der Waals surface area contributed by atoms with E-state index in [1.54, 1.807) is 26.0 Å². The lowest BCUT2D eigenvalue weighted by molar-refractivity contribution is -0.175. The maximum absolute atomic E-state index is 12.8. The van der Waals surface area contributed by atoms with Crippen LogP contribution < -0.4 is 0 Å². The van der Waals surface area contributed by atoms with E-state index in [0.717, 1.165) is 11.1 Å². The molecule has 0 bridgehead atoms. The van der Waals surface area contributed by atoms with E-state index in [1.165, 1.54) is 0 Å². The summed E-state index contributed by atoms with van der Waals surface area (Å²) < 4.78 is 33.5. The van der Waals surface area contributed by atoms with Crippen molar-refractivity contribution >= 4 is 5.97 Å². The monoisotopic (exact) mass is 568 g/mol. The lowest BCUT2D eigenvalue weighted by Crippen LogP contribution is -2.25. The van der Waals surface area contributed by atoms with Gasteiger partial charge in [0.2, 0.25) is 0 Å². The summed E-state index contributed by atoms with van der Waals surface area (Å²) in [4.78, 5) is 12.8. The van der Waals surface area contributed by atoms with Gasteiger partial charge in [-0.3, -0.25) is 0 Å². The maximum atomic E-state index is 12.8. The fourth-order valence-electron chi connectivity index (χ4n) is 3.83. The minimum Gasteiger partial charge on any atom is -0.461 e. The molecule has 5 atom stereocenters. The average Bonchev–Trinajstić information content (AvgIpc) is 3.01. The second-order valence-corrected chi connectivity index (χ2v) is 9.23. The quantitative estimate of drug-likeness (QED) is 0.122. The molecule has 9 heteroatoms. The zero-order chi connectivity index (χ0) is 29.3. The third-order valence-electron chi connectivity index (χ3n) is 6.06. The highest BCUT2D eigenvalue weighted by Gasteiger charge is 2.23. The van der Waals surface area contributed by atoms with Gasteiger partial charge in [0.1, 0.15) is 18.8 Å². The molecule has 0 amide bonds. The molecule has 0 aliphatic carbocycles. The molecule has 5 unspecified atom stereocenters. The molecule has 0 fully saturated rings. The molecular formula is C32H40O9. The molecule has 0 aromatic heterocycles. The van der Waals surface area contributed by atoms with Gasteiger partial charge in [0, 0.05) is 0 Å². The molecular weight excluding hydrogens is 528 g/mol. The van der Waals surface area contributed by atoms with E-state index in [1.807, 2.05) is 78.9 Å². The number of carbonyl (C=O) groups excluding carboxylic acids is 1. The molecule has 3 aromatic carbocycles. The van der Waals surface area contributed by atoms with Crippen LogP contribution in [0.25, 0.3) is 0 Å². The largest absolute Gasteiger partial charge is 0.461 e. The molecule has 222 valence electrons. The number of rotatable bonds is 19. The molecule has 3 aromatic rings. The molecule has 0 radical (unpaired) electrons. The number of ether oxygens (including phenoxy) is 6. The van der Waals surface area contributed by atoms with Crippen molar-refractivity contribution in [2.24, 2.45) is 0 Å². The smallest absolute Gasteiger partial charge is 0.340 e. The van der Waals surface area contributed by atoms with E-state index in [-0.39, 0.29) is 39.6 Å². The van der Waals surface area contributed by atoms with E-state index in [2.05, 4.69) is 0 Å². The summed E-state index contributed by atoms with van der Waals surface area (Å²) in [6.07, 6.45) is -3.62. The van der Waals surface area contributed by atoms with E-state index in [0.29, 0.717) is 5.56 Å². The van der Waals surface area contributed by atoms with Crippen molar-refractivity contribution in [2.75, 3.05) is 39.6 Å². The van der Waals surface area contributed by atoms with E-state index in [4.69, 9.17) is 28.4 Å². The molecule has 3 rings (SSSR count). The van der Waals surface area contributed by atoms with Gasteiger partial charge in [0.05, 0.1) is 33.0 Å². The third kappa shape index (κ3) is 12.1. The maximum Gasteiger partial charge on any atom is 0.340 e. The van der Waals surface area contributed by atoms with E-state index in [9.17, 15) is 15.0 Å². The Balaban J connectivity index is 1.35. The van der Waals surface area contributed by atoms with Crippen molar-refractivity contribution in [2.45, 2.75) is 44.7 Å². The van der Waals surface area contributed by atoms with E-state index < -0.39 is 36.9 Å². The molecule has 0 spiro atoms. The number of hydrogen-bond acceptors (Lipinski definition) is 9. The minimum absolute atomic E-state index is 0.00554. The second-order valence-electron chi connectivity index (χ2n) is 9.23. The number of aliphatic hydroxyl groups is 2. The average molecular weight is 569 g/mol. The SMILES string of the molecule is CC(OCCOC(=O)C(OCCOC(C)OCC(O)c1ccccc1)c1ccccc1)OCC(O)c1ccccc1. The first-order chi connectivity index (χ1) is 19.9. The Kier molecular flexibility index (Phi) is 14.5. The Morgan fingerprint density at radius 3 is 1.41 bits per heavy atom. The standard InChI is InChI=1S/C32H40O9/c1-24(40-22-29(33)26-12-6-3-7-13-26)36-18-20-38-31(28-16-10-5-11-17-28)32(35)39-21-19-37-25(2)41-23-30(34)27-14-8-4-9-15-27/h3-17,24-25,29-31,33-34H,18-23H2,1-2H3. The highest BCUT2D eigenvalue weighted by Crippen LogP contribution is 2.19. The lowest BCUT2D eigenvalue weighted by Gasteiger charge is -2.20. The first-order valence-electron chi connectivity index (χ1n) is 13.7. The summed E-state index contributed by atoms with van der Waals surface area (Å²) in [5.41, 5.74) is 2.18. The van der Waals surface area contributed by atoms with Crippen LogP contribution in [-0.4, -0.2) is 68.4 Å². The van der Waals surface area contributed by atoms with Gasteiger partial charge < -0.3 is 38.6 Å². The van der Waals surface area contributed by atoms with Crippen LogP contribution in [0.3, 0.4) is 0 Å². The highest BCUT2D eigenvalue weighted by atomic mass is 16.7. The molecule has 2 N–H and O–H groups in total. The van der Waals surface area contributed by atoms with E-state index >= 15 is 0 Å². The Morgan fingerprint density at radius 1 is 0.561 bits per heavy atom. The van der Waals surface area contributed by atoms with Gasteiger partial charge in [0.15, 0.2) is 18.7 Å². The Morgan fingerprint density at radius 2 is 0.951 bits per heavy atom.